The second-order valence-corrected chi connectivity index (χ2v) is 4.61. The summed E-state index contributed by atoms with van der Waals surface area (Å²) in [5.74, 6) is 0.656. The zero-order valence-corrected chi connectivity index (χ0v) is 10.9. The number of carbonyl (C=O) groups is 1. The molecule has 1 saturated heterocycles. The van der Waals surface area contributed by atoms with Gasteiger partial charge >= 0.3 is 0 Å². The summed E-state index contributed by atoms with van der Waals surface area (Å²) < 4.78 is 10.6. The van der Waals surface area contributed by atoms with E-state index in [0.29, 0.717) is 12.2 Å². The van der Waals surface area contributed by atoms with Crippen LogP contribution in [0.25, 0.3) is 0 Å². The lowest BCUT2D eigenvalue weighted by Gasteiger charge is -2.07. The summed E-state index contributed by atoms with van der Waals surface area (Å²) in [7, 11) is 0. The molecular weight excluding hydrogens is 254 g/mol. The Balaban J connectivity index is 1.58. The highest BCUT2D eigenvalue weighted by Gasteiger charge is 2.22. The minimum atomic E-state index is -0.120. The standard InChI is InChI=1S/C16H15NO3/c18-16(12-4-2-1-3-5-12)17-13-6-8-14(9-7-13)19-10-15-11-20-15/h1-9,15H,10-11H2,(H,17,18). The SMILES string of the molecule is O=C(Nc1ccc(OCC2CO2)cc1)c1ccccc1. The van der Waals surface area contributed by atoms with E-state index in [0.717, 1.165) is 18.0 Å². The zero-order chi connectivity index (χ0) is 13.8. The van der Waals surface area contributed by atoms with E-state index in [-0.39, 0.29) is 12.0 Å². The number of hydrogen-bond acceptors (Lipinski definition) is 3. The smallest absolute Gasteiger partial charge is 0.255 e. The van der Waals surface area contributed by atoms with Crippen molar-refractivity contribution in [1.29, 1.82) is 0 Å². The third kappa shape index (κ3) is 3.36. The molecule has 1 unspecified atom stereocenters. The first-order valence-corrected chi connectivity index (χ1v) is 6.52. The lowest BCUT2D eigenvalue weighted by molar-refractivity contribution is 0.102. The van der Waals surface area contributed by atoms with Gasteiger partial charge in [-0.05, 0) is 36.4 Å². The number of hydrogen-bond donors (Lipinski definition) is 1. The van der Waals surface area contributed by atoms with Crippen molar-refractivity contribution in [2.75, 3.05) is 18.5 Å². The van der Waals surface area contributed by atoms with Crippen LogP contribution >= 0.6 is 0 Å². The summed E-state index contributed by atoms with van der Waals surface area (Å²) in [5, 5.41) is 2.84. The van der Waals surface area contributed by atoms with Crippen LogP contribution in [0.2, 0.25) is 0 Å². The van der Waals surface area contributed by atoms with Crippen LogP contribution in [-0.2, 0) is 4.74 Å². The molecular formula is C16H15NO3. The summed E-state index contributed by atoms with van der Waals surface area (Å²) >= 11 is 0. The van der Waals surface area contributed by atoms with Crippen LogP contribution in [0.3, 0.4) is 0 Å². The van der Waals surface area contributed by atoms with Gasteiger partial charge in [0, 0.05) is 11.3 Å². The molecule has 0 saturated carbocycles. The third-order valence-electron chi connectivity index (χ3n) is 2.99. The molecule has 4 heteroatoms. The van der Waals surface area contributed by atoms with Crippen LogP contribution in [0.5, 0.6) is 5.75 Å². The van der Waals surface area contributed by atoms with Gasteiger partial charge in [-0.15, -0.1) is 0 Å². The molecule has 2 aromatic carbocycles. The molecule has 0 bridgehead atoms. The van der Waals surface area contributed by atoms with Gasteiger partial charge in [-0.2, -0.15) is 0 Å². The fourth-order valence-electron chi connectivity index (χ4n) is 1.78. The average Bonchev–Trinajstić information content (AvgIpc) is 3.32. The minimum absolute atomic E-state index is 0.120. The van der Waals surface area contributed by atoms with E-state index in [4.69, 9.17) is 9.47 Å². The van der Waals surface area contributed by atoms with E-state index in [2.05, 4.69) is 5.32 Å². The van der Waals surface area contributed by atoms with Crippen LogP contribution in [-0.4, -0.2) is 25.2 Å². The highest BCUT2D eigenvalue weighted by Crippen LogP contribution is 2.18. The highest BCUT2D eigenvalue weighted by atomic mass is 16.6. The van der Waals surface area contributed by atoms with Crippen molar-refractivity contribution >= 4 is 11.6 Å². The second kappa shape index (κ2) is 5.75. The second-order valence-electron chi connectivity index (χ2n) is 4.61. The van der Waals surface area contributed by atoms with Crippen LogP contribution in [0, 0.1) is 0 Å². The lowest BCUT2D eigenvalue weighted by Crippen LogP contribution is -2.11. The molecule has 1 N–H and O–H groups in total. The van der Waals surface area contributed by atoms with Gasteiger partial charge in [-0.3, -0.25) is 4.79 Å². The monoisotopic (exact) mass is 269 g/mol. The summed E-state index contributed by atoms with van der Waals surface area (Å²) in [5.41, 5.74) is 1.38. The summed E-state index contributed by atoms with van der Waals surface area (Å²) in [6.07, 6.45) is 0.243. The Morgan fingerprint density at radius 2 is 1.85 bits per heavy atom. The van der Waals surface area contributed by atoms with Gasteiger partial charge in [0.15, 0.2) is 0 Å². The van der Waals surface area contributed by atoms with Crippen molar-refractivity contribution in [3.8, 4) is 5.75 Å². The Kier molecular flexibility index (Phi) is 3.65. The molecule has 1 amide bonds. The number of rotatable bonds is 5. The number of carbonyl (C=O) groups excluding carboxylic acids is 1. The minimum Gasteiger partial charge on any atom is -0.491 e. The van der Waals surface area contributed by atoms with Crippen LogP contribution < -0.4 is 10.1 Å². The zero-order valence-electron chi connectivity index (χ0n) is 10.9. The number of benzene rings is 2. The molecule has 1 aliphatic heterocycles. The van der Waals surface area contributed by atoms with E-state index in [1.807, 2.05) is 42.5 Å². The predicted molar refractivity (Wildman–Crippen MR) is 76.1 cm³/mol. The Bertz CT molecular complexity index is 576. The first-order valence-electron chi connectivity index (χ1n) is 6.52. The van der Waals surface area contributed by atoms with Gasteiger partial charge in [-0.25, -0.2) is 0 Å². The number of epoxide rings is 1. The third-order valence-corrected chi connectivity index (χ3v) is 2.99. The van der Waals surface area contributed by atoms with Gasteiger partial charge in [0.25, 0.3) is 5.91 Å². The fourth-order valence-corrected chi connectivity index (χ4v) is 1.78. The van der Waals surface area contributed by atoms with E-state index < -0.39 is 0 Å². The van der Waals surface area contributed by atoms with Crippen molar-refractivity contribution < 1.29 is 14.3 Å². The van der Waals surface area contributed by atoms with Crippen LogP contribution in [0.1, 0.15) is 10.4 Å². The molecule has 2 aromatic rings. The molecule has 1 atom stereocenters. The summed E-state index contributed by atoms with van der Waals surface area (Å²) in [6, 6.07) is 16.4. The van der Waals surface area contributed by atoms with Gasteiger partial charge in [0.1, 0.15) is 18.5 Å². The number of anilines is 1. The number of nitrogens with one attached hydrogen (secondary N) is 1. The topological polar surface area (TPSA) is 50.9 Å². The molecule has 1 fully saturated rings. The molecule has 1 aliphatic rings. The van der Waals surface area contributed by atoms with Gasteiger partial charge in [0.05, 0.1) is 6.61 Å². The van der Waals surface area contributed by atoms with Gasteiger partial charge in [0.2, 0.25) is 0 Å². The molecule has 4 nitrogen and oxygen atoms in total. The average molecular weight is 269 g/mol. The van der Waals surface area contributed by atoms with Gasteiger partial charge < -0.3 is 14.8 Å². The number of ether oxygens (including phenoxy) is 2. The van der Waals surface area contributed by atoms with Gasteiger partial charge in [-0.1, -0.05) is 18.2 Å². The molecule has 20 heavy (non-hydrogen) atoms. The Labute approximate surface area is 117 Å². The highest BCUT2D eigenvalue weighted by molar-refractivity contribution is 6.04. The van der Waals surface area contributed by atoms with E-state index in [1.54, 1.807) is 12.1 Å². The van der Waals surface area contributed by atoms with E-state index >= 15 is 0 Å². The maximum atomic E-state index is 12.0. The Hall–Kier alpha value is -2.33. The van der Waals surface area contributed by atoms with Crippen molar-refractivity contribution in [3.05, 3.63) is 60.2 Å². The first-order chi connectivity index (χ1) is 9.81. The normalized spacial score (nSPS) is 16.5. The van der Waals surface area contributed by atoms with Crippen molar-refractivity contribution in [3.63, 3.8) is 0 Å². The van der Waals surface area contributed by atoms with Crippen molar-refractivity contribution in [2.24, 2.45) is 0 Å². The molecule has 0 aromatic heterocycles. The van der Waals surface area contributed by atoms with E-state index in [1.165, 1.54) is 0 Å². The van der Waals surface area contributed by atoms with E-state index in [9.17, 15) is 4.79 Å². The molecule has 0 spiro atoms. The molecule has 1 heterocycles. The Morgan fingerprint density at radius 1 is 1.15 bits per heavy atom. The Morgan fingerprint density at radius 3 is 2.50 bits per heavy atom. The lowest BCUT2D eigenvalue weighted by atomic mass is 10.2. The van der Waals surface area contributed by atoms with Crippen molar-refractivity contribution in [1.82, 2.24) is 0 Å². The maximum Gasteiger partial charge on any atom is 0.255 e. The quantitative estimate of drug-likeness (QED) is 0.849. The van der Waals surface area contributed by atoms with Crippen molar-refractivity contribution in [2.45, 2.75) is 6.10 Å². The van der Waals surface area contributed by atoms with Crippen LogP contribution in [0.4, 0.5) is 5.69 Å². The summed E-state index contributed by atoms with van der Waals surface area (Å²) in [4.78, 5) is 12.0. The van der Waals surface area contributed by atoms with Crippen LogP contribution in [0.15, 0.2) is 54.6 Å². The summed E-state index contributed by atoms with van der Waals surface area (Å²) in [6.45, 7) is 1.36. The number of amides is 1. The maximum absolute atomic E-state index is 12.0. The fraction of sp³-hybridized carbons (Fsp3) is 0.188. The molecule has 0 radical (unpaired) electrons. The molecule has 102 valence electrons. The predicted octanol–water partition coefficient (Wildman–Crippen LogP) is 2.72. The first kappa shape index (κ1) is 12.7. The molecule has 0 aliphatic carbocycles. The molecule has 3 rings (SSSR count). The largest absolute Gasteiger partial charge is 0.491 e.